The molecular weight excluding hydrogens is 412 g/mol. The molecule has 0 bridgehead atoms. The summed E-state index contributed by atoms with van der Waals surface area (Å²) in [4.78, 5) is 12.5. The van der Waals surface area contributed by atoms with Crippen LogP contribution >= 0.6 is 11.8 Å². The van der Waals surface area contributed by atoms with E-state index in [0.29, 0.717) is 11.7 Å². The predicted molar refractivity (Wildman–Crippen MR) is 123 cm³/mol. The average molecular weight is 441 g/mol. The number of hydrogen-bond acceptors (Lipinski definition) is 6. The Kier molecular flexibility index (Phi) is 7.94. The first kappa shape index (κ1) is 22.7. The van der Waals surface area contributed by atoms with Gasteiger partial charge in [-0.05, 0) is 56.2 Å². The molecule has 0 saturated heterocycles. The number of carbonyl (C=O) groups is 1. The molecule has 1 N–H and O–H groups in total. The van der Waals surface area contributed by atoms with E-state index in [0.717, 1.165) is 35.0 Å². The van der Waals surface area contributed by atoms with Gasteiger partial charge in [-0.15, -0.1) is 10.2 Å². The van der Waals surface area contributed by atoms with Crippen LogP contribution < -0.4 is 14.8 Å². The van der Waals surface area contributed by atoms with Gasteiger partial charge in [-0.1, -0.05) is 36.9 Å². The SMILES string of the molecule is CCc1ccccc1NC(=O)CSc1nnc(C(C)Oc2ccc(OC)cc2)n1CC. The Labute approximate surface area is 187 Å². The molecule has 31 heavy (non-hydrogen) atoms. The van der Waals surface area contributed by atoms with E-state index in [-0.39, 0.29) is 17.8 Å². The largest absolute Gasteiger partial charge is 0.497 e. The number of carbonyl (C=O) groups excluding carboxylic acids is 1. The first-order valence-electron chi connectivity index (χ1n) is 10.3. The number of benzene rings is 2. The summed E-state index contributed by atoms with van der Waals surface area (Å²) in [6.07, 6.45) is 0.573. The zero-order valence-corrected chi connectivity index (χ0v) is 19.1. The zero-order valence-electron chi connectivity index (χ0n) is 18.3. The Balaban J connectivity index is 1.63. The van der Waals surface area contributed by atoms with Crippen LogP contribution in [0.15, 0.2) is 53.7 Å². The lowest BCUT2D eigenvalue weighted by molar-refractivity contribution is -0.113. The van der Waals surface area contributed by atoms with Gasteiger partial charge in [-0.2, -0.15) is 0 Å². The monoisotopic (exact) mass is 440 g/mol. The summed E-state index contributed by atoms with van der Waals surface area (Å²) in [7, 11) is 1.63. The first-order valence-corrected chi connectivity index (χ1v) is 11.3. The molecule has 0 aliphatic rings. The number of thioether (sulfide) groups is 1. The number of nitrogens with zero attached hydrogens (tertiary/aromatic N) is 3. The second kappa shape index (κ2) is 10.9. The summed E-state index contributed by atoms with van der Waals surface area (Å²) in [5, 5.41) is 12.3. The maximum Gasteiger partial charge on any atom is 0.234 e. The number of amides is 1. The minimum Gasteiger partial charge on any atom is -0.497 e. The van der Waals surface area contributed by atoms with Crippen molar-refractivity contribution < 1.29 is 14.3 Å². The molecule has 3 rings (SSSR count). The van der Waals surface area contributed by atoms with E-state index in [1.807, 2.05) is 66.9 Å². The number of rotatable bonds is 10. The van der Waals surface area contributed by atoms with Crippen LogP contribution in [0.2, 0.25) is 0 Å². The summed E-state index contributed by atoms with van der Waals surface area (Å²) >= 11 is 1.37. The van der Waals surface area contributed by atoms with Crippen molar-refractivity contribution in [2.75, 3.05) is 18.2 Å². The van der Waals surface area contributed by atoms with Gasteiger partial charge in [-0.3, -0.25) is 4.79 Å². The van der Waals surface area contributed by atoms with Gasteiger partial charge in [0.2, 0.25) is 5.91 Å². The number of aryl methyl sites for hydroxylation is 1. The highest BCUT2D eigenvalue weighted by Gasteiger charge is 2.19. The summed E-state index contributed by atoms with van der Waals surface area (Å²) in [6, 6.07) is 15.3. The fourth-order valence-corrected chi connectivity index (χ4v) is 3.99. The fraction of sp³-hybridized carbons (Fsp3) is 0.348. The molecule has 0 aliphatic heterocycles. The minimum atomic E-state index is -0.291. The highest BCUT2D eigenvalue weighted by atomic mass is 32.2. The van der Waals surface area contributed by atoms with E-state index < -0.39 is 0 Å². The van der Waals surface area contributed by atoms with Crippen LogP contribution in [0.5, 0.6) is 11.5 Å². The van der Waals surface area contributed by atoms with E-state index in [2.05, 4.69) is 22.4 Å². The topological polar surface area (TPSA) is 78.3 Å². The molecule has 0 aliphatic carbocycles. The highest BCUT2D eigenvalue weighted by Crippen LogP contribution is 2.26. The summed E-state index contributed by atoms with van der Waals surface area (Å²) in [5.74, 6) is 2.40. The third-order valence-electron chi connectivity index (χ3n) is 4.80. The van der Waals surface area contributed by atoms with Crippen molar-refractivity contribution in [3.8, 4) is 11.5 Å². The Morgan fingerprint density at radius 1 is 1.10 bits per heavy atom. The van der Waals surface area contributed by atoms with Crippen LogP contribution in [0.1, 0.15) is 38.3 Å². The number of methoxy groups -OCH3 is 1. The molecule has 1 amide bonds. The third-order valence-corrected chi connectivity index (χ3v) is 5.77. The third kappa shape index (κ3) is 5.79. The second-order valence-electron chi connectivity index (χ2n) is 6.87. The van der Waals surface area contributed by atoms with Crippen molar-refractivity contribution in [1.29, 1.82) is 0 Å². The molecule has 7 nitrogen and oxygen atoms in total. The number of ether oxygens (including phenoxy) is 2. The van der Waals surface area contributed by atoms with E-state index in [9.17, 15) is 4.79 Å². The molecule has 164 valence electrons. The van der Waals surface area contributed by atoms with E-state index in [1.165, 1.54) is 11.8 Å². The lowest BCUT2D eigenvalue weighted by Crippen LogP contribution is -2.16. The van der Waals surface area contributed by atoms with E-state index >= 15 is 0 Å². The van der Waals surface area contributed by atoms with Crippen LogP contribution in [0.3, 0.4) is 0 Å². The van der Waals surface area contributed by atoms with Gasteiger partial charge in [0.05, 0.1) is 12.9 Å². The van der Waals surface area contributed by atoms with Gasteiger partial charge in [0.1, 0.15) is 11.5 Å². The van der Waals surface area contributed by atoms with Gasteiger partial charge in [0.25, 0.3) is 0 Å². The molecule has 1 aromatic heterocycles. The summed E-state index contributed by atoms with van der Waals surface area (Å²) in [6.45, 7) is 6.71. The van der Waals surface area contributed by atoms with Crippen LogP contribution in [-0.4, -0.2) is 33.5 Å². The quantitative estimate of drug-likeness (QED) is 0.459. The van der Waals surface area contributed by atoms with E-state index in [4.69, 9.17) is 9.47 Å². The molecule has 1 heterocycles. The number of aromatic nitrogens is 3. The van der Waals surface area contributed by atoms with E-state index in [1.54, 1.807) is 7.11 Å². The van der Waals surface area contributed by atoms with Crippen molar-refractivity contribution in [2.24, 2.45) is 0 Å². The van der Waals surface area contributed by atoms with Gasteiger partial charge in [0.15, 0.2) is 17.1 Å². The van der Waals surface area contributed by atoms with Crippen LogP contribution in [0.25, 0.3) is 0 Å². The predicted octanol–water partition coefficient (Wildman–Crippen LogP) is 4.74. The van der Waals surface area contributed by atoms with Gasteiger partial charge in [-0.25, -0.2) is 0 Å². The number of hydrogen-bond donors (Lipinski definition) is 1. The Bertz CT molecular complexity index is 1000. The fourth-order valence-electron chi connectivity index (χ4n) is 3.18. The molecule has 3 aromatic rings. The Morgan fingerprint density at radius 2 is 1.81 bits per heavy atom. The molecule has 0 fully saturated rings. The van der Waals surface area contributed by atoms with Gasteiger partial charge in [0, 0.05) is 12.2 Å². The molecule has 0 spiro atoms. The standard InChI is InChI=1S/C23H28N4O3S/c1-5-17-9-7-8-10-20(17)24-21(28)15-31-23-26-25-22(27(23)6-2)16(3)30-19-13-11-18(29-4)12-14-19/h7-14,16H,5-6,15H2,1-4H3,(H,24,28). The van der Waals surface area contributed by atoms with Gasteiger partial charge < -0.3 is 19.4 Å². The number of para-hydroxylation sites is 1. The highest BCUT2D eigenvalue weighted by molar-refractivity contribution is 7.99. The number of nitrogens with one attached hydrogen (secondary N) is 1. The molecule has 0 saturated carbocycles. The molecule has 0 radical (unpaired) electrons. The molecule has 8 heteroatoms. The maximum atomic E-state index is 12.5. The van der Waals surface area contributed by atoms with Crippen LogP contribution in [0, 0.1) is 0 Å². The normalized spacial score (nSPS) is 11.7. The minimum absolute atomic E-state index is 0.0689. The summed E-state index contributed by atoms with van der Waals surface area (Å²) < 4.78 is 13.2. The van der Waals surface area contributed by atoms with Crippen molar-refractivity contribution in [1.82, 2.24) is 14.8 Å². The smallest absolute Gasteiger partial charge is 0.234 e. The summed E-state index contributed by atoms with van der Waals surface area (Å²) in [5.41, 5.74) is 1.97. The van der Waals surface area contributed by atoms with Gasteiger partial charge >= 0.3 is 0 Å². The van der Waals surface area contributed by atoms with Crippen LogP contribution in [-0.2, 0) is 17.8 Å². The average Bonchev–Trinajstić information content (AvgIpc) is 3.21. The Morgan fingerprint density at radius 3 is 2.48 bits per heavy atom. The lowest BCUT2D eigenvalue weighted by atomic mass is 10.1. The Hall–Kier alpha value is -3.00. The van der Waals surface area contributed by atoms with Crippen molar-refractivity contribution in [3.63, 3.8) is 0 Å². The number of anilines is 1. The maximum absolute atomic E-state index is 12.5. The zero-order chi connectivity index (χ0) is 22.2. The van der Waals surface area contributed by atoms with Crippen molar-refractivity contribution in [2.45, 2.75) is 45.0 Å². The molecule has 1 unspecified atom stereocenters. The molecular formula is C23H28N4O3S. The lowest BCUT2D eigenvalue weighted by Gasteiger charge is -2.16. The first-order chi connectivity index (χ1) is 15.0. The molecule has 1 atom stereocenters. The second-order valence-corrected chi connectivity index (χ2v) is 7.81. The van der Waals surface area contributed by atoms with Crippen LogP contribution in [0.4, 0.5) is 5.69 Å². The molecule has 2 aromatic carbocycles. The van der Waals surface area contributed by atoms with Crippen molar-refractivity contribution >= 4 is 23.4 Å². The van der Waals surface area contributed by atoms with Crippen molar-refractivity contribution in [3.05, 3.63) is 59.9 Å².